The number of esters is 1. The molecule has 0 bridgehead atoms. The molecule has 0 atom stereocenters. The van der Waals surface area contributed by atoms with Gasteiger partial charge in [0.15, 0.2) is 18.1 Å². The third kappa shape index (κ3) is 4.71. The number of rotatable bonds is 8. The van der Waals surface area contributed by atoms with E-state index in [1.807, 2.05) is 32.4 Å². The van der Waals surface area contributed by atoms with Gasteiger partial charge in [0.25, 0.3) is 0 Å². The normalized spacial score (nSPS) is 10.6. The molecule has 7 heteroatoms. The molecular weight excluding hydrogens is 414 g/mol. The van der Waals surface area contributed by atoms with Crippen molar-refractivity contribution in [1.29, 1.82) is 0 Å². The Morgan fingerprint density at radius 3 is 2.44 bits per heavy atom. The lowest BCUT2D eigenvalue weighted by Gasteiger charge is -2.13. The third-order valence-corrected chi connectivity index (χ3v) is 4.91. The van der Waals surface area contributed by atoms with Gasteiger partial charge in [-0.2, -0.15) is 0 Å². The zero-order chi connectivity index (χ0) is 20.1. The number of methoxy groups -OCH3 is 1. The summed E-state index contributed by atoms with van der Waals surface area (Å²) in [4.78, 5) is 24.8. The van der Waals surface area contributed by atoms with Gasteiger partial charge in [-0.05, 0) is 54.4 Å². The number of aromatic nitrogens is 1. The van der Waals surface area contributed by atoms with Crippen molar-refractivity contribution in [2.45, 2.75) is 27.2 Å². The molecule has 1 aromatic carbocycles. The SMILES string of the molecule is CCCOc1c(Br)cc(C(=O)OCC(=O)c2cc(C)n(C)c2C)cc1OC. The van der Waals surface area contributed by atoms with Gasteiger partial charge in [0.2, 0.25) is 5.78 Å². The van der Waals surface area contributed by atoms with E-state index in [9.17, 15) is 9.59 Å². The van der Waals surface area contributed by atoms with Crippen LogP contribution in [-0.2, 0) is 11.8 Å². The Bertz CT molecular complexity index is 857. The predicted molar refractivity (Wildman–Crippen MR) is 106 cm³/mol. The molecule has 0 amide bonds. The predicted octanol–water partition coefficient (Wildman–Crippen LogP) is 4.24. The number of ketones is 1. The van der Waals surface area contributed by atoms with Gasteiger partial charge in [-0.3, -0.25) is 4.79 Å². The highest BCUT2D eigenvalue weighted by Crippen LogP contribution is 2.37. The minimum atomic E-state index is -0.602. The number of carbonyl (C=O) groups is 2. The Hall–Kier alpha value is -2.28. The van der Waals surface area contributed by atoms with E-state index in [-0.39, 0.29) is 18.0 Å². The lowest BCUT2D eigenvalue weighted by molar-refractivity contribution is 0.0474. The maximum absolute atomic E-state index is 12.4. The molecule has 0 saturated heterocycles. The molecule has 6 nitrogen and oxygen atoms in total. The smallest absolute Gasteiger partial charge is 0.338 e. The molecule has 2 rings (SSSR count). The van der Waals surface area contributed by atoms with E-state index in [1.165, 1.54) is 7.11 Å². The summed E-state index contributed by atoms with van der Waals surface area (Å²) in [5, 5.41) is 0. The summed E-state index contributed by atoms with van der Waals surface area (Å²) in [6.07, 6.45) is 0.847. The number of Topliss-reactive ketones (excluding diaryl/α,β-unsaturated/α-hetero) is 1. The van der Waals surface area contributed by atoms with Crippen molar-refractivity contribution in [3.05, 3.63) is 45.2 Å². The summed E-state index contributed by atoms with van der Waals surface area (Å²) in [5.41, 5.74) is 2.65. The Morgan fingerprint density at radius 1 is 1.19 bits per heavy atom. The Kier molecular flexibility index (Phi) is 7.07. The number of nitrogens with zero attached hydrogens (tertiary/aromatic N) is 1. The Balaban J connectivity index is 2.12. The molecular formula is C20H24BrNO5. The fourth-order valence-electron chi connectivity index (χ4n) is 2.61. The van der Waals surface area contributed by atoms with Crippen LogP contribution in [0.15, 0.2) is 22.7 Å². The summed E-state index contributed by atoms with van der Waals surface area (Å²) < 4.78 is 18.7. The number of benzene rings is 1. The van der Waals surface area contributed by atoms with Crippen molar-refractivity contribution in [2.24, 2.45) is 7.05 Å². The average molecular weight is 438 g/mol. The second kappa shape index (κ2) is 9.08. The molecule has 1 aromatic heterocycles. The highest BCUT2D eigenvalue weighted by Gasteiger charge is 2.19. The van der Waals surface area contributed by atoms with Crippen LogP contribution >= 0.6 is 15.9 Å². The van der Waals surface area contributed by atoms with Crippen LogP contribution in [0.25, 0.3) is 0 Å². The first-order valence-electron chi connectivity index (χ1n) is 8.63. The van der Waals surface area contributed by atoms with Crippen molar-refractivity contribution in [2.75, 3.05) is 20.3 Å². The Morgan fingerprint density at radius 2 is 1.89 bits per heavy atom. The maximum atomic E-state index is 12.4. The number of halogens is 1. The molecule has 1 heterocycles. The summed E-state index contributed by atoms with van der Waals surface area (Å²) in [5.74, 6) is 0.112. The van der Waals surface area contributed by atoms with Gasteiger partial charge in [0, 0.05) is 24.0 Å². The third-order valence-electron chi connectivity index (χ3n) is 4.33. The zero-order valence-corrected chi connectivity index (χ0v) is 17.8. The van der Waals surface area contributed by atoms with Gasteiger partial charge < -0.3 is 18.8 Å². The fraction of sp³-hybridized carbons (Fsp3) is 0.400. The zero-order valence-electron chi connectivity index (χ0n) is 16.2. The van der Waals surface area contributed by atoms with Crippen LogP contribution in [-0.4, -0.2) is 36.6 Å². The van der Waals surface area contributed by atoms with E-state index < -0.39 is 5.97 Å². The van der Waals surface area contributed by atoms with Crippen molar-refractivity contribution in [1.82, 2.24) is 4.57 Å². The number of carbonyl (C=O) groups excluding carboxylic acids is 2. The van der Waals surface area contributed by atoms with E-state index in [1.54, 1.807) is 18.2 Å². The molecule has 0 N–H and O–H groups in total. The minimum Gasteiger partial charge on any atom is -0.493 e. The van der Waals surface area contributed by atoms with E-state index in [4.69, 9.17) is 14.2 Å². The summed E-state index contributed by atoms with van der Waals surface area (Å²) >= 11 is 3.39. The van der Waals surface area contributed by atoms with Gasteiger partial charge in [0.05, 0.1) is 23.8 Å². The summed E-state index contributed by atoms with van der Waals surface area (Å²) in [7, 11) is 3.39. The van der Waals surface area contributed by atoms with Crippen LogP contribution in [0.3, 0.4) is 0 Å². The first-order chi connectivity index (χ1) is 12.8. The molecule has 146 valence electrons. The second-order valence-electron chi connectivity index (χ2n) is 6.18. The quantitative estimate of drug-likeness (QED) is 0.456. The lowest BCUT2D eigenvalue weighted by Crippen LogP contribution is -2.15. The van der Waals surface area contributed by atoms with E-state index in [0.717, 1.165) is 17.8 Å². The number of aryl methyl sites for hydroxylation is 1. The van der Waals surface area contributed by atoms with Gasteiger partial charge in [-0.1, -0.05) is 6.92 Å². The van der Waals surface area contributed by atoms with Crippen molar-refractivity contribution in [3.63, 3.8) is 0 Å². The maximum Gasteiger partial charge on any atom is 0.338 e. The molecule has 0 unspecified atom stereocenters. The van der Waals surface area contributed by atoms with Crippen LogP contribution in [0.1, 0.15) is 45.4 Å². The monoisotopic (exact) mass is 437 g/mol. The summed E-state index contributed by atoms with van der Waals surface area (Å²) in [6, 6.07) is 4.93. The first-order valence-corrected chi connectivity index (χ1v) is 9.43. The Labute approximate surface area is 167 Å². The molecule has 0 radical (unpaired) electrons. The van der Waals surface area contributed by atoms with Crippen LogP contribution in [0.2, 0.25) is 0 Å². The number of ether oxygens (including phenoxy) is 3. The summed E-state index contributed by atoms with van der Waals surface area (Å²) in [6.45, 7) is 5.99. The minimum absolute atomic E-state index is 0.238. The molecule has 0 saturated carbocycles. The van der Waals surface area contributed by atoms with Crippen LogP contribution in [0, 0.1) is 13.8 Å². The molecule has 2 aromatic rings. The molecule has 27 heavy (non-hydrogen) atoms. The number of hydrogen-bond acceptors (Lipinski definition) is 5. The van der Waals surface area contributed by atoms with E-state index >= 15 is 0 Å². The first kappa shape index (κ1) is 21.0. The van der Waals surface area contributed by atoms with Gasteiger partial charge in [-0.15, -0.1) is 0 Å². The van der Waals surface area contributed by atoms with Crippen molar-refractivity contribution >= 4 is 27.7 Å². The lowest BCUT2D eigenvalue weighted by atomic mass is 10.1. The molecule has 0 fully saturated rings. The molecule has 0 aliphatic rings. The van der Waals surface area contributed by atoms with Gasteiger partial charge in [-0.25, -0.2) is 4.79 Å². The van der Waals surface area contributed by atoms with Gasteiger partial charge >= 0.3 is 5.97 Å². The van der Waals surface area contributed by atoms with Crippen LogP contribution in [0.5, 0.6) is 11.5 Å². The van der Waals surface area contributed by atoms with Gasteiger partial charge in [0.1, 0.15) is 0 Å². The topological polar surface area (TPSA) is 66.8 Å². The molecule has 0 aliphatic carbocycles. The standard InChI is InChI=1S/C20H24BrNO5/c1-6-7-26-19-16(21)9-14(10-18(19)25-5)20(24)27-11-17(23)15-8-12(2)22(4)13(15)3/h8-10H,6-7,11H2,1-5H3. The molecule has 0 spiro atoms. The van der Waals surface area contributed by atoms with Crippen LogP contribution < -0.4 is 9.47 Å². The van der Waals surface area contributed by atoms with E-state index in [0.29, 0.717) is 28.1 Å². The van der Waals surface area contributed by atoms with Crippen LogP contribution in [0.4, 0.5) is 0 Å². The highest BCUT2D eigenvalue weighted by molar-refractivity contribution is 9.10. The fourth-order valence-corrected chi connectivity index (χ4v) is 3.17. The number of hydrogen-bond donors (Lipinski definition) is 0. The highest BCUT2D eigenvalue weighted by atomic mass is 79.9. The second-order valence-corrected chi connectivity index (χ2v) is 7.04. The average Bonchev–Trinajstić information content (AvgIpc) is 2.91. The van der Waals surface area contributed by atoms with Crippen molar-refractivity contribution in [3.8, 4) is 11.5 Å². The van der Waals surface area contributed by atoms with E-state index in [2.05, 4.69) is 15.9 Å². The largest absolute Gasteiger partial charge is 0.493 e. The van der Waals surface area contributed by atoms with Crippen molar-refractivity contribution < 1.29 is 23.8 Å². The molecule has 0 aliphatic heterocycles.